The number of aromatic nitrogens is 1. The molecule has 0 aliphatic carbocycles. The zero-order valence-electron chi connectivity index (χ0n) is 16.4. The SMILES string of the molecule is COc1cncc(-c2cc(C(C)(C)C)cc(CNC(C)(C)C)c2O)c1. The molecule has 0 saturated carbocycles. The van der Waals surface area contributed by atoms with E-state index in [0.717, 1.165) is 16.7 Å². The van der Waals surface area contributed by atoms with Crippen LogP contribution in [0.2, 0.25) is 0 Å². The largest absolute Gasteiger partial charge is 0.507 e. The summed E-state index contributed by atoms with van der Waals surface area (Å²) >= 11 is 0. The van der Waals surface area contributed by atoms with Crippen molar-refractivity contribution in [3.63, 3.8) is 0 Å². The lowest BCUT2D eigenvalue weighted by Gasteiger charge is -2.25. The first-order valence-corrected chi connectivity index (χ1v) is 8.62. The minimum Gasteiger partial charge on any atom is -0.507 e. The van der Waals surface area contributed by atoms with E-state index in [4.69, 9.17) is 4.74 Å². The molecule has 2 rings (SSSR count). The summed E-state index contributed by atoms with van der Waals surface area (Å²) in [6, 6.07) is 6.03. The highest BCUT2D eigenvalue weighted by Gasteiger charge is 2.21. The van der Waals surface area contributed by atoms with Crippen molar-refractivity contribution in [1.82, 2.24) is 10.3 Å². The van der Waals surface area contributed by atoms with E-state index in [-0.39, 0.29) is 11.0 Å². The summed E-state index contributed by atoms with van der Waals surface area (Å²) in [5, 5.41) is 14.3. The van der Waals surface area contributed by atoms with Gasteiger partial charge in [0.05, 0.1) is 13.3 Å². The molecule has 1 heterocycles. The number of hydrogen-bond acceptors (Lipinski definition) is 4. The lowest BCUT2D eigenvalue weighted by molar-refractivity contribution is 0.411. The lowest BCUT2D eigenvalue weighted by atomic mass is 9.83. The predicted molar refractivity (Wildman–Crippen MR) is 103 cm³/mol. The van der Waals surface area contributed by atoms with Crippen molar-refractivity contribution in [2.45, 2.75) is 59.0 Å². The van der Waals surface area contributed by atoms with Gasteiger partial charge in [-0.1, -0.05) is 26.8 Å². The Morgan fingerprint density at radius 2 is 1.72 bits per heavy atom. The number of aromatic hydroxyl groups is 1. The molecule has 0 amide bonds. The van der Waals surface area contributed by atoms with E-state index in [9.17, 15) is 5.11 Å². The fraction of sp³-hybridized carbons (Fsp3) is 0.476. The third kappa shape index (κ3) is 4.95. The number of hydrogen-bond donors (Lipinski definition) is 2. The van der Waals surface area contributed by atoms with Gasteiger partial charge >= 0.3 is 0 Å². The van der Waals surface area contributed by atoms with Crippen LogP contribution in [0.5, 0.6) is 11.5 Å². The van der Waals surface area contributed by atoms with Gasteiger partial charge < -0.3 is 15.2 Å². The van der Waals surface area contributed by atoms with Crippen LogP contribution < -0.4 is 10.1 Å². The quantitative estimate of drug-likeness (QED) is 0.849. The molecule has 2 N–H and O–H groups in total. The van der Waals surface area contributed by atoms with E-state index in [1.165, 1.54) is 5.56 Å². The first-order valence-electron chi connectivity index (χ1n) is 8.62. The minimum atomic E-state index is -0.0259. The van der Waals surface area contributed by atoms with Crippen molar-refractivity contribution in [3.05, 3.63) is 41.7 Å². The highest BCUT2D eigenvalue weighted by molar-refractivity contribution is 5.73. The molecular weight excluding hydrogens is 312 g/mol. The second kappa shape index (κ2) is 7.04. The number of rotatable bonds is 4. The maximum atomic E-state index is 10.9. The fourth-order valence-corrected chi connectivity index (χ4v) is 2.52. The Morgan fingerprint density at radius 3 is 2.28 bits per heavy atom. The molecule has 1 aromatic carbocycles. The molecule has 4 nitrogen and oxygen atoms in total. The van der Waals surface area contributed by atoms with Gasteiger partial charge in [-0.3, -0.25) is 4.98 Å². The number of pyridine rings is 1. The van der Waals surface area contributed by atoms with Gasteiger partial charge in [0.25, 0.3) is 0 Å². The van der Waals surface area contributed by atoms with Gasteiger partial charge in [-0.15, -0.1) is 0 Å². The van der Waals surface area contributed by atoms with E-state index in [0.29, 0.717) is 18.0 Å². The molecule has 0 unspecified atom stereocenters. The summed E-state index contributed by atoms with van der Waals surface area (Å²) in [5.41, 5.74) is 3.64. The summed E-state index contributed by atoms with van der Waals surface area (Å²) in [4.78, 5) is 4.23. The summed E-state index contributed by atoms with van der Waals surface area (Å²) in [6.45, 7) is 13.5. The fourth-order valence-electron chi connectivity index (χ4n) is 2.52. The Morgan fingerprint density at radius 1 is 1.04 bits per heavy atom. The first kappa shape index (κ1) is 19.3. The van der Waals surface area contributed by atoms with E-state index >= 15 is 0 Å². The van der Waals surface area contributed by atoms with Crippen molar-refractivity contribution in [3.8, 4) is 22.6 Å². The molecule has 0 fully saturated rings. The Kier molecular flexibility index (Phi) is 5.43. The van der Waals surface area contributed by atoms with Crippen LogP contribution in [0.15, 0.2) is 30.6 Å². The lowest BCUT2D eigenvalue weighted by Crippen LogP contribution is -2.35. The number of phenolic OH excluding ortho intramolecular Hbond substituents is 1. The second-order valence-electron chi connectivity index (χ2n) is 8.50. The van der Waals surface area contributed by atoms with Crippen LogP contribution >= 0.6 is 0 Å². The van der Waals surface area contributed by atoms with Crippen LogP contribution in [0.1, 0.15) is 52.7 Å². The molecule has 0 bridgehead atoms. The van der Waals surface area contributed by atoms with Gasteiger partial charge in [0.1, 0.15) is 11.5 Å². The van der Waals surface area contributed by atoms with Crippen LogP contribution in [0.25, 0.3) is 11.1 Å². The number of methoxy groups -OCH3 is 1. The van der Waals surface area contributed by atoms with Gasteiger partial charge in [0.15, 0.2) is 0 Å². The van der Waals surface area contributed by atoms with Crippen LogP contribution in [-0.4, -0.2) is 22.7 Å². The Balaban J connectivity index is 2.57. The summed E-state index contributed by atoms with van der Waals surface area (Å²) in [5.74, 6) is 0.965. The molecule has 0 saturated heterocycles. The zero-order chi connectivity index (χ0) is 18.8. The monoisotopic (exact) mass is 342 g/mol. The van der Waals surface area contributed by atoms with Crippen molar-refractivity contribution in [1.29, 1.82) is 0 Å². The smallest absolute Gasteiger partial charge is 0.137 e. The van der Waals surface area contributed by atoms with E-state index in [1.807, 2.05) is 12.1 Å². The van der Waals surface area contributed by atoms with Gasteiger partial charge in [0.2, 0.25) is 0 Å². The van der Waals surface area contributed by atoms with Crippen LogP contribution in [0.3, 0.4) is 0 Å². The Bertz CT molecular complexity index is 741. The zero-order valence-corrected chi connectivity index (χ0v) is 16.4. The summed E-state index contributed by atoms with van der Waals surface area (Å²) < 4.78 is 5.28. The Hall–Kier alpha value is -2.07. The average molecular weight is 342 g/mol. The minimum absolute atomic E-state index is 0.0226. The maximum Gasteiger partial charge on any atom is 0.137 e. The third-order valence-corrected chi connectivity index (χ3v) is 4.12. The van der Waals surface area contributed by atoms with Gasteiger partial charge in [-0.2, -0.15) is 0 Å². The number of nitrogens with zero attached hydrogens (tertiary/aromatic N) is 1. The molecule has 0 aliphatic rings. The molecule has 4 heteroatoms. The predicted octanol–water partition coefficient (Wildman–Crippen LogP) is 4.65. The summed E-state index contributed by atoms with van der Waals surface area (Å²) in [6.07, 6.45) is 3.42. The average Bonchev–Trinajstić information content (AvgIpc) is 2.52. The molecule has 0 atom stereocenters. The van der Waals surface area contributed by atoms with Crippen molar-refractivity contribution < 1.29 is 9.84 Å². The topological polar surface area (TPSA) is 54.4 Å². The molecule has 0 spiro atoms. The molecule has 25 heavy (non-hydrogen) atoms. The standard InChI is InChI=1S/C21H30N2O2/c1-20(2,3)16-8-15(12-23-21(4,5)6)19(24)18(10-16)14-9-17(25-7)13-22-11-14/h8-11,13,23-24H,12H2,1-7H3. The number of benzene rings is 1. The summed E-state index contributed by atoms with van der Waals surface area (Å²) in [7, 11) is 1.62. The second-order valence-corrected chi connectivity index (χ2v) is 8.50. The molecule has 1 aromatic heterocycles. The number of phenols is 1. The van der Waals surface area contributed by atoms with E-state index < -0.39 is 0 Å². The van der Waals surface area contributed by atoms with Crippen molar-refractivity contribution >= 4 is 0 Å². The van der Waals surface area contributed by atoms with Gasteiger partial charge in [-0.25, -0.2) is 0 Å². The Labute approximate surface area is 151 Å². The number of nitrogens with one attached hydrogen (secondary N) is 1. The molecule has 0 aliphatic heterocycles. The van der Waals surface area contributed by atoms with Crippen LogP contribution in [0.4, 0.5) is 0 Å². The van der Waals surface area contributed by atoms with E-state index in [2.05, 4.69) is 57.9 Å². The number of ether oxygens (including phenoxy) is 1. The van der Waals surface area contributed by atoms with Crippen LogP contribution in [0, 0.1) is 0 Å². The first-order chi connectivity index (χ1) is 11.5. The highest BCUT2D eigenvalue weighted by atomic mass is 16.5. The normalized spacial score (nSPS) is 12.3. The molecular formula is C21H30N2O2. The van der Waals surface area contributed by atoms with Gasteiger partial charge in [-0.05, 0) is 43.9 Å². The maximum absolute atomic E-state index is 10.9. The van der Waals surface area contributed by atoms with Crippen molar-refractivity contribution in [2.75, 3.05) is 7.11 Å². The highest BCUT2D eigenvalue weighted by Crippen LogP contribution is 2.38. The van der Waals surface area contributed by atoms with Crippen molar-refractivity contribution in [2.24, 2.45) is 0 Å². The van der Waals surface area contributed by atoms with E-state index in [1.54, 1.807) is 19.5 Å². The van der Waals surface area contributed by atoms with Gasteiger partial charge in [0, 0.05) is 35.0 Å². The molecule has 2 aromatic rings. The van der Waals surface area contributed by atoms with Crippen LogP contribution in [-0.2, 0) is 12.0 Å². The third-order valence-electron chi connectivity index (χ3n) is 4.12. The molecule has 0 radical (unpaired) electrons. The molecule has 136 valence electrons.